The smallest absolute Gasteiger partial charge is 0.257 e. The van der Waals surface area contributed by atoms with Crippen molar-refractivity contribution in [3.63, 3.8) is 0 Å². The molecular weight excluding hydrogens is 479 g/mol. The molecular formula is C25H27FN8O3. The molecule has 4 aromatic rings. The highest BCUT2D eigenvalue weighted by Gasteiger charge is 2.28. The minimum absolute atomic E-state index is 0.152. The van der Waals surface area contributed by atoms with Crippen LogP contribution in [-0.4, -0.2) is 73.3 Å². The monoisotopic (exact) mass is 506 g/mol. The van der Waals surface area contributed by atoms with Crippen LogP contribution in [0.3, 0.4) is 0 Å². The molecule has 5 heterocycles. The predicted molar refractivity (Wildman–Crippen MR) is 136 cm³/mol. The van der Waals surface area contributed by atoms with Gasteiger partial charge in [-0.15, -0.1) is 0 Å². The number of nitrogens with one attached hydrogen (secondary N) is 3. The molecule has 0 radical (unpaired) electrons. The molecule has 0 unspecified atom stereocenters. The summed E-state index contributed by atoms with van der Waals surface area (Å²) < 4.78 is 21.8. The van der Waals surface area contributed by atoms with Crippen molar-refractivity contribution in [1.82, 2.24) is 29.6 Å². The quantitative estimate of drug-likeness (QED) is 0.343. The Morgan fingerprint density at radius 3 is 2.76 bits per heavy atom. The van der Waals surface area contributed by atoms with E-state index in [0.717, 1.165) is 16.6 Å². The van der Waals surface area contributed by atoms with Crippen LogP contribution in [-0.2, 0) is 16.6 Å². The van der Waals surface area contributed by atoms with Crippen LogP contribution in [0.1, 0.15) is 24.2 Å². The number of hydrogen-bond acceptors (Lipinski definition) is 7. The van der Waals surface area contributed by atoms with Gasteiger partial charge < -0.3 is 20.4 Å². The number of hydrogen-bond donors (Lipinski definition) is 3. The highest BCUT2D eigenvalue weighted by molar-refractivity contribution is 6.06. The summed E-state index contributed by atoms with van der Waals surface area (Å²) in [6.07, 6.45) is 6.20. The molecule has 0 atom stereocenters. The molecule has 0 bridgehead atoms. The van der Waals surface area contributed by atoms with Crippen LogP contribution in [0.2, 0.25) is 0 Å². The number of aromatic nitrogens is 5. The third-order valence-corrected chi connectivity index (χ3v) is 5.99. The maximum absolute atomic E-state index is 14.4. The molecule has 0 aromatic carbocycles. The van der Waals surface area contributed by atoms with E-state index in [2.05, 4.69) is 30.7 Å². The number of aromatic amines is 1. The Balaban J connectivity index is 1.26. The van der Waals surface area contributed by atoms with E-state index in [1.165, 1.54) is 18.5 Å². The number of carbonyl (C=O) groups is 2. The van der Waals surface area contributed by atoms with Gasteiger partial charge in [0.05, 0.1) is 53.8 Å². The number of carbonyl (C=O) groups excluding carboxylic acids is 2. The Morgan fingerprint density at radius 1 is 1.16 bits per heavy atom. The van der Waals surface area contributed by atoms with Gasteiger partial charge in [-0.1, -0.05) is 0 Å². The van der Waals surface area contributed by atoms with E-state index in [1.807, 2.05) is 38.1 Å². The molecule has 2 amide bonds. The molecule has 12 heteroatoms. The number of pyridine rings is 2. The zero-order chi connectivity index (χ0) is 26.2. The van der Waals surface area contributed by atoms with E-state index in [4.69, 9.17) is 4.74 Å². The second kappa shape index (κ2) is 9.71. The van der Waals surface area contributed by atoms with Crippen molar-refractivity contribution in [2.45, 2.75) is 19.4 Å². The molecule has 1 fully saturated rings. The Morgan fingerprint density at radius 2 is 2.00 bits per heavy atom. The van der Waals surface area contributed by atoms with Crippen molar-refractivity contribution < 1.29 is 18.7 Å². The van der Waals surface area contributed by atoms with E-state index in [-0.39, 0.29) is 35.0 Å². The molecule has 0 aliphatic carbocycles. The summed E-state index contributed by atoms with van der Waals surface area (Å²) in [6.45, 7) is 5.91. The Labute approximate surface area is 212 Å². The van der Waals surface area contributed by atoms with E-state index < -0.39 is 11.9 Å². The molecule has 3 N–H and O–H groups in total. The van der Waals surface area contributed by atoms with E-state index in [1.54, 1.807) is 16.9 Å². The first-order valence-electron chi connectivity index (χ1n) is 11.8. The molecule has 0 saturated carbocycles. The molecule has 4 aromatic heterocycles. The largest absolute Gasteiger partial charge is 0.373 e. The van der Waals surface area contributed by atoms with Gasteiger partial charge in [-0.2, -0.15) is 9.49 Å². The number of rotatable bonds is 6. The van der Waals surface area contributed by atoms with Crippen molar-refractivity contribution in [3.8, 4) is 11.3 Å². The van der Waals surface area contributed by atoms with E-state index >= 15 is 0 Å². The fraction of sp³-hybridized carbons (Fsp3) is 0.320. The van der Waals surface area contributed by atoms with Crippen LogP contribution in [0.4, 0.5) is 15.8 Å². The number of halogens is 1. The predicted octanol–water partition coefficient (Wildman–Crippen LogP) is 2.80. The van der Waals surface area contributed by atoms with Gasteiger partial charge >= 0.3 is 0 Å². The van der Waals surface area contributed by atoms with Crippen molar-refractivity contribution in [3.05, 3.63) is 54.5 Å². The normalized spacial score (nSPS) is 15.6. The van der Waals surface area contributed by atoms with Crippen LogP contribution >= 0.6 is 0 Å². The summed E-state index contributed by atoms with van der Waals surface area (Å²) in [4.78, 5) is 38.6. The standard InChI is InChI=1S/C25H27FN8O3/c1-25(2)14-34(4-5-37-25)13-21(35)30-18-8-20(22(26)27-11-18)32-24(36)16-6-15-7-19(31-23(15)28-9-16)17-10-29-33(3)12-17/h6-12H,4-5,13-14H2,1-3H3,(H,28,31)(H,30,35)(H,32,36). The van der Waals surface area contributed by atoms with Crippen LogP contribution in [0, 0.1) is 5.95 Å². The Kier molecular flexibility index (Phi) is 6.44. The Hall–Kier alpha value is -4.16. The van der Waals surface area contributed by atoms with Gasteiger partial charge in [0.15, 0.2) is 0 Å². The second-order valence-corrected chi connectivity index (χ2v) is 9.63. The fourth-order valence-corrected chi connectivity index (χ4v) is 4.31. The fourth-order valence-electron chi connectivity index (χ4n) is 4.31. The van der Waals surface area contributed by atoms with Gasteiger partial charge in [0.1, 0.15) is 5.65 Å². The van der Waals surface area contributed by atoms with E-state index in [9.17, 15) is 14.0 Å². The highest BCUT2D eigenvalue weighted by Crippen LogP contribution is 2.24. The summed E-state index contributed by atoms with van der Waals surface area (Å²) in [5.41, 5.74) is 2.34. The topological polar surface area (TPSA) is 130 Å². The summed E-state index contributed by atoms with van der Waals surface area (Å²) in [6, 6.07) is 4.86. The Bertz CT molecular complexity index is 1480. The van der Waals surface area contributed by atoms with Crippen molar-refractivity contribution >= 4 is 34.2 Å². The average Bonchev–Trinajstić information content (AvgIpc) is 3.46. The first kappa shape index (κ1) is 24.5. The van der Waals surface area contributed by atoms with Gasteiger partial charge in [0, 0.05) is 43.5 Å². The number of amides is 2. The molecule has 11 nitrogen and oxygen atoms in total. The molecule has 1 saturated heterocycles. The number of anilines is 2. The number of nitrogens with zero attached hydrogens (tertiary/aromatic N) is 5. The average molecular weight is 507 g/mol. The van der Waals surface area contributed by atoms with Crippen molar-refractivity contribution in [1.29, 1.82) is 0 Å². The summed E-state index contributed by atoms with van der Waals surface area (Å²) in [5, 5.41) is 10.1. The van der Waals surface area contributed by atoms with Gasteiger partial charge in [-0.05, 0) is 32.0 Å². The lowest BCUT2D eigenvalue weighted by atomic mass is 10.1. The van der Waals surface area contributed by atoms with Gasteiger partial charge in [0.2, 0.25) is 11.9 Å². The molecule has 1 aliphatic rings. The summed E-state index contributed by atoms with van der Waals surface area (Å²) in [7, 11) is 1.83. The first-order valence-corrected chi connectivity index (χ1v) is 11.8. The van der Waals surface area contributed by atoms with Crippen LogP contribution in [0.25, 0.3) is 22.3 Å². The van der Waals surface area contributed by atoms with Crippen molar-refractivity contribution in [2.75, 3.05) is 36.9 Å². The molecule has 5 rings (SSSR count). The number of morpholine rings is 1. The lowest BCUT2D eigenvalue weighted by molar-refractivity contribution is -0.122. The van der Waals surface area contributed by atoms with Crippen LogP contribution in [0.5, 0.6) is 0 Å². The minimum Gasteiger partial charge on any atom is -0.373 e. The molecule has 37 heavy (non-hydrogen) atoms. The maximum atomic E-state index is 14.4. The lowest BCUT2D eigenvalue weighted by Gasteiger charge is -2.37. The summed E-state index contributed by atoms with van der Waals surface area (Å²) in [5.74, 6) is -1.69. The zero-order valence-electron chi connectivity index (χ0n) is 20.7. The van der Waals surface area contributed by atoms with Crippen LogP contribution in [0.15, 0.2) is 43.0 Å². The zero-order valence-corrected chi connectivity index (χ0v) is 20.7. The molecule has 192 valence electrons. The van der Waals surface area contributed by atoms with Crippen molar-refractivity contribution in [2.24, 2.45) is 7.05 Å². The number of fused-ring (bicyclic) bond motifs is 1. The number of ether oxygens (including phenoxy) is 1. The van der Waals surface area contributed by atoms with E-state index in [0.29, 0.717) is 25.3 Å². The third-order valence-electron chi connectivity index (χ3n) is 5.99. The molecule has 0 spiro atoms. The lowest BCUT2D eigenvalue weighted by Crippen LogP contribution is -2.50. The minimum atomic E-state index is -0.865. The highest BCUT2D eigenvalue weighted by atomic mass is 19.1. The second-order valence-electron chi connectivity index (χ2n) is 9.63. The van der Waals surface area contributed by atoms with Gasteiger partial charge in [0.25, 0.3) is 5.91 Å². The number of aryl methyl sites for hydroxylation is 1. The van der Waals surface area contributed by atoms with Gasteiger partial charge in [-0.3, -0.25) is 19.2 Å². The maximum Gasteiger partial charge on any atom is 0.257 e. The van der Waals surface area contributed by atoms with Gasteiger partial charge in [-0.25, -0.2) is 9.97 Å². The summed E-state index contributed by atoms with van der Waals surface area (Å²) >= 11 is 0. The first-order chi connectivity index (χ1) is 17.6. The number of H-pyrrole nitrogens is 1. The third kappa shape index (κ3) is 5.65. The molecule has 1 aliphatic heterocycles. The SMILES string of the molecule is Cn1cc(-c2cc3cc(C(=O)Nc4cc(NC(=O)CN5CCOC(C)(C)C5)cnc4F)cnc3[nH]2)cn1. The van der Waals surface area contributed by atoms with Crippen LogP contribution < -0.4 is 10.6 Å².